The van der Waals surface area contributed by atoms with E-state index in [0.717, 1.165) is 0 Å². The van der Waals surface area contributed by atoms with Crippen molar-refractivity contribution in [1.29, 1.82) is 0 Å². The van der Waals surface area contributed by atoms with Gasteiger partial charge in [0.15, 0.2) is 0 Å². The molecule has 0 spiro atoms. The van der Waals surface area contributed by atoms with Crippen LogP contribution >= 0.6 is 12.3 Å². The molecule has 0 bridgehead atoms. The second-order valence-electron chi connectivity index (χ2n) is 3.40. The monoisotopic (exact) mass is 388 g/mol. The van der Waals surface area contributed by atoms with E-state index in [1.54, 1.807) is 12.5 Å². The van der Waals surface area contributed by atoms with Gasteiger partial charge in [-0.25, -0.2) is 0 Å². The van der Waals surface area contributed by atoms with Crippen LogP contribution < -0.4 is 0 Å². The standard InChI is InChI=1S/3C3H7.BrH.Hf/c3*1-3-2;;/h3*1,3H2,2H3;1H;/q;;;;+1/p-1. The second-order valence-corrected chi connectivity index (χ2v) is 30.8. The molecule has 0 saturated heterocycles. The molecule has 0 N–H and O–H groups in total. The van der Waals surface area contributed by atoms with Gasteiger partial charge in [0.05, 0.1) is 0 Å². The van der Waals surface area contributed by atoms with Crippen LogP contribution in [0.1, 0.15) is 40.0 Å². The summed E-state index contributed by atoms with van der Waals surface area (Å²) in [5, 5.41) is 0. The summed E-state index contributed by atoms with van der Waals surface area (Å²) in [5.41, 5.74) is 0. The zero-order valence-electron chi connectivity index (χ0n) is 8.12. The van der Waals surface area contributed by atoms with Crippen molar-refractivity contribution in [2.75, 3.05) is 0 Å². The summed E-state index contributed by atoms with van der Waals surface area (Å²) in [6.07, 6.45) is 4.19. The van der Waals surface area contributed by atoms with Gasteiger partial charge >= 0.3 is 82.5 Å². The van der Waals surface area contributed by atoms with Crippen LogP contribution in [0.3, 0.4) is 0 Å². The molecule has 0 atom stereocenters. The van der Waals surface area contributed by atoms with Crippen molar-refractivity contribution in [2.45, 2.75) is 52.6 Å². The fraction of sp³-hybridized carbons (Fsp3) is 1.00. The van der Waals surface area contributed by atoms with Gasteiger partial charge in [-0.2, -0.15) is 0 Å². The Labute approximate surface area is 82.0 Å². The van der Waals surface area contributed by atoms with Crippen LogP contribution in [-0.2, 0) is 17.6 Å². The van der Waals surface area contributed by atoms with Gasteiger partial charge in [-0.1, -0.05) is 0 Å². The van der Waals surface area contributed by atoms with Crippen LogP contribution in [0.2, 0.25) is 12.5 Å². The van der Waals surface area contributed by atoms with E-state index >= 15 is 0 Å². The molecule has 0 heterocycles. The van der Waals surface area contributed by atoms with E-state index in [-0.39, 0.29) is 0 Å². The predicted octanol–water partition coefficient (Wildman–Crippen LogP) is 4.94. The minimum atomic E-state index is -1.78. The number of rotatable bonds is 6. The second kappa shape index (κ2) is 6.82. The van der Waals surface area contributed by atoms with Crippen LogP contribution in [0.5, 0.6) is 0 Å². The molecule has 11 heavy (non-hydrogen) atoms. The van der Waals surface area contributed by atoms with Crippen molar-refractivity contribution < 1.29 is 17.6 Å². The van der Waals surface area contributed by atoms with Gasteiger partial charge in [-0.15, -0.1) is 0 Å². The quantitative estimate of drug-likeness (QED) is 0.567. The van der Waals surface area contributed by atoms with E-state index in [2.05, 4.69) is 33.1 Å². The molecule has 0 saturated carbocycles. The van der Waals surface area contributed by atoms with Gasteiger partial charge in [-0.3, -0.25) is 0 Å². The van der Waals surface area contributed by atoms with E-state index in [9.17, 15) is 0 Å². The molecule has 68 valence electrons. The maximum absolute atomic E-state index is 4.09. The summed E-state index contributed by atoms with van der Waals surface area (Å²) in [6, 6.07) is 0. The molecule has 0 aliphatic rings. The van der Waals surface area contributed by atoms with Gasteiger partial charge in [0, 0.05) is 0 Å². The van der Waals surface area contributed by atoms with E-state index in [4.69, 9.17) is 0 Å². The molecule has 0 aliphatic heterocycles. The Kier molecular flexibility index (Phi) is 7.66. The first-order valence-corrected chi connectivity index (χ1v) is 20.3. The van der Waals surface area contributed by atoms with Crippen LogP contribution in [0, 0.1) is 0 Å². The zero-order valence-corrected chi connectivity index (χ0v) is 13.3. The summed E-state index contributed by atoms with van der Waals surface area (Å²) in [5.74, 6) is 0. The molecular formula is C9H21BrHf. The van der Waals surface area contributed by atoms with Crippen LogP contribution in [0.25, 0.3) is 0 Å². The molecule has 0 nitrogen and oxygen atoms in total. The minimum absolute atomic E-state index is 1.40. The van der Waals surface area contributed by atoms with Crippen molar-refractivity contribution in [2.24, 2.45) is 0 Å². The number of hydrogen-bond donors (Lipinski definition) is 0. The molecule has 0 fully saturated rings. The molecule has 0 amide bonds. The van der Waals surface area contributed by atoms with Gasteiger partial charge in [0.25, 0.3) is 0 Å². The molecule has 0 aromatic rings. The summed E-state index contributed by atoms with van der Waals surface area (Å²) in [7, 11) is 0. The molecular weight excluding hydrogens is 366 g/mol. The van der Waals surface area contributed by atoms with Crippen molar-refractivity contribution in [1.82, 2.24) is 0 Å². The molecule has 0 rings (SSSR count). The Morgan fingerprint density at radius 1 is 0.818 bits per heavy atom. The maximum atomic E-state index is 4.09. The fourth-order valence-corrected chi connectivity index (χ4v) is 23.8. The fourth-order valence-electron chi connectivity index (χ4n) is 1.72. The summed E-state index contributed by atoms with van der Waals surface area (Å²) < 4.78 is 4.65. The normalized spacial score (nSPS) is 12.0. The van der Waals surface area contributed by atoms with Gasteiger partial charge < -0.3 is 0 Å². The summed E-state index contributed by atoms with van der Waals surface area (Å²) in [4.78, 5) is 0. The predicted molar refractivity (Wildman–Crippen MR) is 54.2 cm³/mol. The van der Waals surface area contributed by atoms with E-state index < -0.39 is 17.6 Å². The van der Waals surface area contributed by atoms with E-state index in [1.807, 2.05) is 0 Å². The average molecular weight is 388 g/mol. The SMILES string of the molecule is CC[CH2][Hf]([Br])([CH2]CC)[CH2]CC. The van der Waals surface area contributed by atoms with Gasteiger partial charge in [-0.05, 0) is 0 Å². The third-order valence-corrected chi connectivity index (χ3v) is 26.9. The third kappa shape index (κ3) is 5.57. The molecule has 0 aromatic carbocycles. The molecule has 0 aliphatic carbocycles. The number of hydrogen-bond acceptors (Lipinski definition) is 0. The Morgan fingerprint density at radius 3 is 1.27 bits per heavy atom. The van der Waals surface area contributed by atoms with E-state index in [1.165, 1.54) is 19.3 Å². The Balaban J connectivity index is 3.79. The van der Waals surface area contributed by atoms with Crippen LogP contribution in [-0.4, -0.2) is 0 Å². The Bertz CT molecular complexity index is 76.5. The van der Waals surface area contributed by atoms with E-state index in [0.29, 0.717) is 0 Å². The first-order valence-electron chi connectivity index (χ1n) is 4.87. The van der Waals surface area contributed by atoms with Crippen LogP contribution in [0.4, 0.5) is 0 Å². The zero-order chi connectivity index (χ0) is 8.74. The Morgan fingerprint density at radius 2 is 1.09 bits per heavy atom. The van der Waals surface area contributed by atoms with Crippen molar-refractivity contribution in [3.8, 4) is 0 Å². The van der Waals surface area contributed by atoms with Crippen LogP contribution in [0.15, 0.2) is 0 Å². The van der Waals surface area contributed by atoms with Gasteiger partial charge in [0.2, 0.25) is 0 Å². The average Bonchev–Trinajstić information content (AvgIpc) is 1.88. The molecule has 2 heteroatoms. The third-order valence-electron chi connectivity index (χ3n) is 2.09. The van der Waals surface area contributed by atoms with Crippen molar-refractivity contribution in [3.05, 3.63) is 0 Å². The first kappa shape index (κ1) is 12.4. The summed E-state index contributed by atoms with van der Waals surface area (Å²) in [6.45, 7) is 6.96. The Hall–Kier alpha value is 1.35. The van der Waals surface area contributed by atoms with Gasteiger partial charge in [0.1, 0.15) is 0 Å². The topological polar surface area (TPSA) is 0 Å². The van der Waals surface area contributed by atoms with Crippen molar-refractivity contribution >= 4 is 12.3 Å². The summed E-state index contributed by atoms with van der Waals surface area (Å²) >= 11 is 2.31. The molecule has 0 radical (unpaired) electrons. The molecule has 0 unspecified atom stereocenters. The van der Waals surface area contributed by atoms with Crippen molar-refractivity contribution in [3.63, 3.8) is 0 Å². The first-order chi connectivity index (χ1) is 5.18. The molecule has 0 aromatic heterocycles. The number of halogens is 1.